The zero-order valence-corrected chi connectivity index (χ0v) is 12.6. The Bertz CT molecular complexity index is 600. The number of hydrogen-bond donors (Lipinski definition) is 3. The van der Waals surface area contributed by atoms with Crippen molar-refractivity contribution in [2.75, 3.05) is 0 Å². The van der Waals surface area contributed by atoms with Crippen molar-refractivity contribution in [2.45, 2.75) is 38.6 Å². The van der Waals surface area contributed by atoms with Gasteiger partial charge in [-0.2, -0.15) is 5.09 Å². The molecule has 1 aromatic rings. The molecule has 8 heteroatoms. The Balaban J connectivity index is 2.11. The maximum Gasteiger partial charge on any atom is 0.343 e. The third-order valence-corrected chi connectivity index (χ3v) is 5.59. The SMILES string of the molecule is Cc1nc(C23C=CC(NP(=O)(O)N2)O3)c(C(C)C)s1. The monoisotopic (exact) mass is 301 g/mol. The Kier molecular flexibility index (Phi) is 2.98. The molecule has 6 nitrogen and oxygen atoms in total. The van der Waals surface area contributed by atoms with Crippen molar-refractivity contribution in [3.05, 3.63) is 27.7 Å². The van der Waals surface area contributed by atoms with E-state index in [1.807, 2.05) is 6.92 Å². The van der Waals surface area contributed by atoms with Crippen LogP contribution >= 0.6 is 19.0 Å². The number of aryl methyl sites for hydroxylation is 1. The van der Waals surface area contributed by atoms with Gasteiger partial charge in [-0.25, -0.2) is 10.1 Å². The van der Waals surface area contributed by atoms with Gasteiger partial charge in [0.05, 0.1) is 5.01 Å². The van der Waals surface area contributed by atoms with Gasteiger partial charge < -0.3 is 9.63 Å². The van der Waals surface area contributed by atoms with Crippen molar-refractivity contribution in [3.63, 3.8) is 0 Å². The summed E-state index contributed by atoms with van der Waals surface area (Å²) in [7, 11) is -3.63. The predicted molar refractivity (Wildman–Crippen MR) is 72.7 cm³/mol. The van der Waals surface area contributed by atoms with Crippen LogP contribution < -0.4 is 10.2 Å². The predicted octanol–water partition coefficient (Wildman–Crippen LogP) is 1.93. The average Bonchev–Trinajstić information content (AvgIpc) is 2.80. The van der Waals surface area contributed by atoms with Gasteiger partial charge in [0.15, 0.2) is 5.72 Å². The molecule has 1 aromatic heterocycles. The second-order valence-electron chi connectivity index (χ2n) is 5.05. The normalized spacial score (nSPS) is 37.2. The highest BCUT2D eigenvalue weighted by molar-refractivity contribution is 7.53. The zero-order chi connectivity index (χ0) is 13.8. The summed E-state index contributed by atoms with van der Waals surface area (Å²) in [5.41, 5.74) is -0.399. The Morgan fingerprint density at radius 3 is 3.05 bits per heavy atom. The first-order valence-electron chi connectivity index (χ1n) is 6.06. The van der Waals surface area contributed by atoms with Crippen LogP contribution in [0.5, 0.6) is 0 Å². The van der Waals surface area contributed by atoms with Crippen LogP contribution in [0.1, 0.15) is 35.3 Å². The van der Waals surface area contributed by atoms with E-state index in [0.29, 0.717) is 5.69 Å². The Labute approximate surface area is 115 Å². The molecule has 2 aliphatic heterocycles. The van der Waals surface area contributed by atoms with Crippen LogP contribution in [0, 0.1) is 6.92 Å². The first kappa shape index (κ1) is 13.4. The Hall–Kier alpha value is -0.560. The minimum Gasteiger partial charge on any atom is -0.328 e. The third-order valence-electron chi connectivity index (χ3n) is 3.07. The van der Waals surface area contributed by atoms with E-state index in [9.17, 15) is 9.46 Å². The maximum absolute atomic E-state index is 12.0. The number of aromatic nitrogens is 1. The first-order valence-corrected chi connectivity index (χ1v) is 8.54. The molecule has 0 spiro atoms. The fourth-order valence-electron chi connectivity index (χ4n) is 2.35. The van der Waals surface area contributed by atoms with E-state index in [2.05, 4.69) is 29.0 Å². The van der Waals surface area contributed by atoms with Crippen LogP contribution in [0.2, 0.25) is 0 Å². The summed E-state index contributed by atoms with van der Waals surface area (Å²) < 4.78 is 17.7. The third kappa shape index (κ3) is 2.20. The quantitative estimate of drug-likeness (QED) is 0.572. The molecule has 3 N–H and O–H groups in total. The van der Waals surface area contributed by atoms with E-state index in [-0.39, 0.29) is 5.92 Å². The fourth-order valence-corrected chi connectivity index (χ4v) is 4.57. The van der Waals surface area contributed by atoms with Gasteiger partial charge >= 0.3 is 7.67 Å². The Morgan fingerprint density at radius 1 is 1.63 bits per heavy atom. The second-order valence-corrected chi connectivity index (χ2v) is 7.92. The van der Waals surface area contributed by atoms with Gasteiger partial charge in [0.1, 0.15) is 11.9 Å². The molecule has 3 rings (SSSR count). The van der Waals surface area contributed by atoms with E-state index < -0.39 is 19.6 Å². The van der Waals surface area contributed by atoms with Gasteiger partial charge in [0.25, 0.3) is 0 Å². The summed E-state index contributed by atoms with van der Waals surface area (Å²) in [5, 5.41) is 6.08. The minimum absolute atomic E-state index is 0.279. The molecule has 0 aliphatic carbocycles. The van der Waals surface area contributed by atoms with Crippen LogP contribution in [0.15, 0.2) is 12.2 Å². The molecule has 2 bridgehead atoms. The molecule has 104 valence electrons. The smallest absolute Gasteiger partial charge is 0.328 e. The maximum atomic E-state index is 12.0. The number of ether oxygens (including phenoxy) is 1. The summed E-state index contributed by atoms with van der Waals surface area (Å²) >= 11 is 1.59. The molecule has 0 amide bonds. The van der Waals surface area contributed by atoms with Crippen molar-refractivity contribution in [3.8, 4) is 0 Å². The lowest BCUT2D eigenvalue weighted by Gasteiger charge is -2.36. The standard InChI is InChI=1S/C11H16N3O3PS/c1-6(2)9-10(12-7(3)19-9)11-5-4-8(17-11)13-18(15,16)14-11/h4-6,8H,1-3H3,(H3,13,14,15,16). The van der Waals surface area contributed by atoms with E-state index in [1.54, 1.807) is 23.5 Å². The molecule has 0 radical (unpaired) electrons. The lowest BCUT2D eigenvalue weighted by Crippen LogP contribution is -2.51. The zero-order valence-electron chi connectivity index (χ0n) is 10.9. The molecule has 1 fully saturated rings. The Morgan fingerprint density at radius 2 is 2.37 bits per heavy atom. The molecule has 3 unspecified atom stereocenters. The molecule has 2 aliphatic rings. The average molecular weight is 301 g/mol. The van der Waals surface area contributed by atoms with Gasteiger partial charge in [-0.05, 0) is 25.0 Å². The fraction of sp³-hybridized carbons (Fsp3) is 0.545. The summed E-state index contributed by atoms with van der Waals surface area (Å²) in [6.07, 6.45) is 2.95. The lowest BCUT2D eigenvalue weighted by atomic mass is 10.0. The van der Waals surface area contributed by atoms with Crippen molar-refractivity contribution in [1.29, 1.82) is 0 Å². The van der Waals surface area contributed by atoms with Crippen LogP contribution in [-0.2, 0) is 15.0 Å². The van der Waals surface area contributed by atoms with E-state index in [4.69, 9.17) is 4.74 Å². The number of rotatable bonds is 2. The largest absolute Gasteiger partial charge is 0.343 e. The lowest BCUT2D eigenvalue weighted by molar-refractivity contribution is -0.0611. The number of nitrogens with one attached hydrogen (secondary N) is 2. The number of hydrogen-bond acceptors (Lipinski definition) is 4. The molecule has 1 saturated heterocycles. The van der Waals surface area contributed by atoms with Crippen molar-refractivity contribution in [2.24, 2.45) is 0 Å². The first-order chi connectivity index (χ1) is 8.81. The topological polar surface area (TPSA) is 83.5 Å². The van der Waals surface area contributed by atoms with Gasteiger partial charge in [-0.15, -0.1) is 11.3 Å². The molecule has 3 atom stereocenters. The summed E-state index contributed by atoms with van der Waals surface area (Å²) in [5.74, 6) is 0.279. The van der Waals surface area contributed by atoms with Gasteiger partial charge in [-0.1, -0.05) is 13.8 Å². The number of nitrogens with zero attached hydrogens (tertiary/aromatic N) is 1. The molecular formula is C11H16N3O3PS. The van der Waals surface area contributed by atoms with Crippen LogP contribution in [0.25, 0.3) is 0 Å². The van der Waals surface area contributed by atoms with Crippen LogP contribution in [-0.4, -0.2) is 16.1 Å². The summed E-state index contributed by atoms with van der Waals surface area (Å²) in [6.45, 7) is 6.07. The van der Waals surface area contributed by atoms with Crippen LogP contribution in [0.3, 0.4) is 0 Å². The number of thiazole rings is 1. The van der Waals surface area contributed by atoms with Crippen molar-refractivity contribution < 1.29 is 14.2 Å². The highest BCUT2D eigenvalue weighted by atomic mass is 32.1. The molecule has 0 saturated carbocycles. The summed E-state index contributed by atoms with van der Waals surface area (Å²) in [4.78, 5) is 15.4. The van der Waals surface area contributed by atoms with Crippen molar-refractivity contribution >= 4 is 19.0 Å². The number of fused-ring (bicyclic) bond motifs is 2. The van der Waals surface area contributed by atoms with E-state index in [1.165, 1.54) is 0 Å². The highest BCUT2D eigenvalue weighted by Gasteiger charge is 2.51. The highest BCUT2D eigenvalue weighted by Crippen LogP contribution is 2.49. The molecule has 19 heavy (non-hydrogen) atoms. The van der Waals surface area contributed by atoms with Gasteiger partial charge in [0.2, 0.25) is 0 Å². The molecule has 0 aromatic carbocycles. The van der Waals surface area contributed by atoms with E-state index in [0.717, 1.165) is 9.88 Å². The van der Waals surface area contributed by atoms with Crippen LogP contribution in [0.4, 0.5) is 0 Å². The van der Waals surface area contributed by atoms with Gasteiger partial charge in [-0.3, -0.25) is 4.57 Å². The van der Waals surface area contributed by atoms with Gasteiger partial charge in [0, 0.05) is 4.88 Å². The second kappa shape index (κ2) is 4.22. The van der Waals surface area contributed by atoms with Crippen molar-refractivity contribution in [1.82, 2.24) is 15.2 Å². The minimum atomic E-state index is -3.63. The molecular weight excluding hydrogens is 285 g/mol. The summed E-state index contributed by atoms with van der Waals surface area (Å²) in [6, 6.07) is 0. The molecule has 3 heterocycles. The van der Waals surface area contributed by atoms with E-state index >= 15 is 0 Å².